The molecule has 8 nitrogen and oxygen atoms in total. The molecule has 1 aliphatic rings. The maximum Gasteiger partial charge on any atom is 0.335 e. The van der Waals surface area contributed by atoms with Crippen LogP contribution in [0.15, 0.2) is 64.6 Å². The number of carbonyl (C=O) groups excluding carboxylic acids is 4. The fourth-order valence-corrected chi connectivity index (χ4v) is 4.27. The Kier molecular flexibility index (Phi) is 8.20. The Labute approximate surface area is 236 Å². The largest absolute Gasteiger partial charge is 0.483 e. The highest BCUT2D eigenvalue weighted by molar-refractivity contribution is 9.10. The van der Waals surface area contributed by atoms with Gasteiger partial charge in [-0.15, -0.1) is 0 Å². The Morgan fingerprint density at radius 3 is 2.47 bits per heavy atom. The van der Waals surface area contributed by atoms with Gasteiger partial charge in [0.05, 0.1) is 15.7 Å². The molecule has 3 aromatic carbocycles. The summed E-state index contributed by atoms with van der Waals surface area (Å²) in [6, 6.07) is 13.7. The van der Waals surface area contributed by atoms with Crippen LogP contribution in [0.4, 0.5) is 16.2 Å². The molecule has 4 rings (SSSR count). The molecular formula is C27H20BrCl2N3O5. The summed E-state index contributed by atoms with van der Waals surface area (Å²) in [7, 11) is 0. The van der Waals surface area contributed by atoms with Crippen LogP contribution in [0.3, 0.4) is 0 Å². The standard InChI is InChI=1S/C27H20BrCl2N3O5/c1-14-3-5-18(9-15(14)2)31-24(34)13-38-23-8-4-17(28)10-16(23)11-20-25(35)32-27(37)33(26(20)36)19-6-7-21(29)22(30)12-19/h3-12H,13H2,1-2H3,(H,31,34)(H,32,35,37)/b20-11-. The molecule has 0 aromatic heterocycles. The molecule has 0 atom stereocenters. The van der Waals surface area contributed by atoms with Crippen molar-refractivity contribution >= 4 is 80.3 Å². The van der Waals surface area contributed by atoms with Crippen molar-refractivity contribution in [1.29, 1.82) is 0 Å². The van der Waals surface area contributed by atoms with Crippen molar-refractivity contribution in [2.45, 2.75) is 13.8 Å². The summed E-state index contributed by atoms with van der Waals surface area (Å²) >= 11 is 15.4. The lowest BCUT2D eigenvalue weighted by atomic mass is 10.1. The van der Waals surface area contributed by atoms with E-state index in [9.17, 15) is 19.2 Å². The van der Waals surface area contributed by atoms with E-state index < -0.39 is 23.8 Å². The molecule has 1 heterocycles. The van der Waals surface area contributed by atoms with Crippen LogP contribution < -0.4 is 20.3 Å². The second-order valence-corrected chi connectivity index (χ2v) is 10.1. The molecule has 38 heavy (non-hydrogen) atoms. The number of anilines is 2. The highest BCUT2D eigenvalue weighted by Crippen LogP contribution is 2.31. The Bertz CT molecular complexity index is 1520. The van der Waals surface area contributed by atoms with Crippen molar-refractivity contribution < 1.29 is 23.9 Å². The van der Waals surface area contributed by atoms with E-state index >= 15 is 0 Å². The number of hydrogen-bond donors (Lipinski definition) is 2. The highest BCUT2D eigenvalue weighted by atomic mass is 79.9. The minimum Gasteiger partial charge on any atom is -0.483 e. The topological polar surface area (TPSA) is 105 Å². The first kappa shape index (κ1) is 27.4. The molecule has 3 aromatic rings. The highest BCUT2D eigenvalue weighted by Gasteiger charge is 2.37. The number of nitrogens with one attached hydrogen (secondary N) is 2. The maximum absolute atomic E-state index is 13.2. The molecule has 1 saturated heterocycles. The van der Waals surface area contributed by atoms with Gasteiger partial charge in [0.25, 0.3) is 17.7 Å². The van der Waals surface area contributed by atoms with Crippen LogP contribution in [0.1, 0.15) is 16.7 Å². The number of carbonyl (C=O) groups is 4. The summed E-state index contributed by atoms with van der Waals surface area (Å²) < 4.78 is 6.36. The Hall–Kier alpha value is -3.66. The van der Waals surface area contributed by atoms with E-state index in [0.717, 1.165) is 16.0 Å². The summed E-state index contributed by atoms with van der Waals surface area (Å²) in [5.41, 5.74) is 2.92. The van der Waals surface area contributed by atoms with Crippen LogP contribution in [0.25, 0.3) is 6.08 Å². The minimum absolute atomic E-state index is 0.133. The first-order valence-corrected chi connectivity index (χ1v) is 12.7. The average Bonchev–Trinajstić information content (AvgIpc) is 2.85. The predicted molar refractivity (Wildman–Crippen MR) is 150 cm³/mol. The molecule has 0 saturated carbocycles. The zero-order chi connectivity index (χ0) is 27.6. The molecule has 1 aliphatic heterocycles. The zero-order valence-electron chi connectivity index (χ0n) is 20.1. The lowest BCUT2D eigenvalue weighted by Crippen LogP contribution is -2.54. The van der Waals surface area contributed by atoms with Gasteiger partial charge < -0.3 is 10.1 Å². The van der Waals surface area contributed by atoms with Crippen LogP contribution in [-0.2, 0) is 14.4 Å². The van der Waals surface area contributed by atoms with Crippen molar-refractivity contribution in [3.05, 3.63) is 91.4 Å². The molecule has 11 heteroatoms. The third kappa shape index (κ3) is 6.07. The number of amides is 5. The summed E-state index contributed by atoms with van der Waals surface area (Å²) in [5, 5.41) is 5.30. The second kappa shape index (κ2) is 11.4. The SMILES string of the molecule is Cc1ccc(NC(=O)COc2ccc(Br)cc2/C=C2/C(=O)NC(=O)N(c3ccc(Cl)c(Cl)c3)C2=O)cc1C. The molecule has 0 spiro atoms. The first-order chi connectivity index (χ1) is 18.0. The van der Waals surface area contributed by atoms with Gasteiger partial charge in [-0.2, -0.15) is 0 Å². The van der Waals surface area contributed by atoms with Gasteiger partial charge in [-0.25, -0.2) is 9.69 Å². The molecule has 194 valence electrons. The number of halogens is 3. The monoisotopic (exact) mass is 615 g/mol. The van der Waals surface area contributed by atoms with Gasteiger partial charge in [0.15, 0.2) is 6.61 Å². The zero-order valence-corrected chi connectivity index (χ0v) is 23.2. The fraction of sp³-hybridized carbons (Fsp3) is 0.111. The van der Waals surface area contributed by atoms with Crippen molar-refractivity contribution in [3.8, 4) is 5.75 Å². The molecule has 5 amide bonds. The van der Waals surface area contributed by atoms with E-state index in [-0.39, 0.29) is 33.7 Å². The maximum atomic E-state index is 13.2. The van der Waals surface area contributed by atoms with Gasteiger partial charge in [-0.05, 0) is 79.6 Å². The number of aryl methyl sites for hydroxylation is 2. The summed E-state index contributed by atoms with van der Waals surface area (Å²) in [6.45, 7) is 3.60. The Balaban J connectivity index is 1.58. The van der Waals surface area contributed by atoms with Crippen LogP contribution in [0.5, 0.6) is 5.75 Å². The molecular weight excluding hydrogens is 597 g/mol. The molecule has 0 aliphatic carbocycles. The lowest BCUT2D eigenvalue weighted by molar-refractivity contribution is -0.122. The quantitative estimate of drug-likeness (QED) is 0.259. The average molecular weight is 617 g/mol. The Morgan fingerprint density at radius 2 is 1.76 bits per heavy atom. The van der Waals surface area contributed by atoms with Gasteiger partial charge in [0.2, 0.25) is 0 Å². The van der Waals surface area contributed by atoms with E-state index in [2.05, 4.69) is 26.6 Å². The minimum atomic E-state index is -0.927. The Morgan fingerprint density at radius 1 is 1.00 bits per heavy atom. The van der Waals surface area contributed by atoms with Crippen LogP contribution >= 0.6 is 39.1 Å². The van der Waals surface area contributed by atoms with Gasteiger partial charge >= 0.3 is 6.03 Å². The molecule has 0 bridgehead atoms. The van der Waals surface area contributed by atoms with Crippen molar-refractivity contribution in [1.82, 2.24) is 5.32 Å². The molecule has 0 radical (unpaired) electrons. The van der Waals surface area contributed by atoms with E-state index in [1.807, 2.05) is 26.0 Å². The van der Waals surface area contributed by atoms with Crippen LogP contribution in [0.2, 0.25) is 10.0 Å². The van der Waals surface area contributed by atoms with Crippen LogP contribution in [0, 0.1) is 13.8 Å². The van der Waals surface area contributed by atoms with E-state index in [4.69, 9.17) is 27.9 Å². The fourth-order valence-electron chi connectivity index (χ4n) is 3.59. The van der Waals surface area contributed by atoms with E-state index in [1.165, 1.54) is 24.3 Å². The number of barbiturate groups is 1. The summed E-state index contributed by atoms with van der Waals surface area (Å²) in [5.74, 6) is -1.89. The van der Waals surface area contributed by atoms with E-state index in [0.29, 0.717) is 15.7 Å². The number of imide groups is 2. The third-order valence-corrected chi connectivity index (χ3v) is 6.92. The smallest absolute Gasteiger partial charge is 0.335 e. The number of hydrogen-bond acceptors (Lipinski definition) is 5. The molecule has 2 N–H and O–H groups in total. The molecule has 0 unspecified atom stereocenters. The van der Waals surface area contributed by atoms with Crippen molar-refractivity contribution in [3.63, 3.8) is 0 Å². The summed E-state index contributed by atoms with van der Waals surface area (Å²) in [6.07, 6.45) is 1.29. The number of benzene rings is 3. The molecule has 1 fully saturated rings. The van der Waals surface area contributed by atoms with Gasteiger partial charge in [0.1, 0.15) is 11.3 Å². The van der Waals surface area contributed by atoms with Gasteiger partial charge in [0, 0.05) is 15.7 Å². The lowest BCUT2D eigenvalue weighted by Gasteiger charge is -2.26. The van der Waals surface area contributed by atoms with Crippen molar-refractivity contribution in [2.75, 3.05) is 16.8 Å². The van der Waals surface area contributed by atoms with Gasteiger partial charge in [-0.1, -0.05) is 45.2 Å². The first-order valence-electron chi connectivity index (χ1n) is 11.2. The van der Waals surface area contributed by atoms with Crippen LogP contribution in [-0.4, -0.2) is 30.4 Å². The second-order valence-electron chi connectivity index (χ2n) is 8.37. The number of nitrogens with zero attached hydrogens (tertiary/aromatic N) is 1. The number of ether oxygens (including phenoxy) is 1. The predicted octanol–water partition coefficient (Wildman–Crippen LogP) is 6.06. The number of rotatable bonds is 6. The van der Waals surface area contributed by atoms with Gasteiger partial charge in [-0.3, -0.25) is 19.7 Å². The normalized spacial score (nSPS) is 14.5. The van der Waals surface area contributed by atoms with E-state index in [1.54, 1.807) is 24.3 Å². The van der Waals surface area contributed by atoms with Crippen molar-refractivity contribution in [2.24, 2.45) is 0 Å². The third-order valence-electron chi connectivity index (χ3n) is 5.68. The summed E-state index contributed by atoms with van der Waals surface area (Å²) in [4.78, 5) is 51.6. The number of urea groups is 1.